The average molecular weight is 274 g/mol. The third kappa shape index (κ3) is 5.01. The van der Waals surface area contributed by atoms with Crippen molar-refractivity contribution >= 4 is 23.5 Å². The molecule has 0 amide bonds. The molecule has 6 nitrogen and oxygen atoms in total. The summed E-state index contributed by atoms with van der Waals surface area (Å²) in [7, 11) is 1.92. The van der Waals surface area contributed by atoms with Gasteiger partial charge < -0.3 is 15.3 Å². The first kappa shape index (κ1) is 14.9. The molecule has 0 bridgehead atoms. The summed E-state index contributed by atoms with van der Waals surface area (Å²) in [5.74, 6) is 1.06. The fourth-order valence-electron chi connectivity index (χ4n) is 1.49. The van der Waals surface area contributed by atoms with E-state index in [-0.39, 0.29) is 11.9 Å². The van der Waals surface area contributed by atoms with Gasteiger partial charge in [0.15, 0.2) is 0 Å². The summed E-state index contributed by atoms with van der Waals surface area (Å²) in [6.45, 7) is 3.77. The maximum absolute atomic E-state index is 8.71. The Labute approximate surface area is 112 Å². The molecule has 0 radical (unpaired) electrons. The first-order valence-corrected chi connectivity index (χ1v) is 6.52. The van der Waals surface area contributed by atoms with E-state index in [2.05, 4.69) is 20.3 Å². The first-order valence-electron chi connectivity index (χ1n) is 6.14. The molecule has 102 valence electrons. The van der Waals surface area contributed by atoms with Crippen LogP contribution in [0.4, 0.5) is 11.9 Å². The Morgan fingerprint density at radius 1 is 1.22 bits per heavy atom. The molecule has 0 saturated carbocycles. The molecular formula is C11H20ClN5O. The highest BCUT2D eigenvalue weighted by Crippen LogP contribution is 2.13. The zero-order chi connectivity index (χ0) is 13.4. The second-order valence-corrected chi connectivity index (χ2v) is 4.30. The van der Waals surface area contributed by atoms with E-state index < -0.39 is 0 Å². The Morgan fingerprint density at radius 2 is 2.00 bits per heavy atom. The fourth-order valence-corrected chi connectivity index (χ4v) is 1.64. The Kier molecular flexibility index (Phi) is 6.67. The maximum atomic E-state index is 8.71. The number of aliphatic hydroxyl groups excluding tert-OH is 1. The standard InChI is InChI=1S/C11H20ClN5O/c1-3-13-10-14-9(12)15-11(16-10)17(2)7-5-4-6-8-18/h18H,3-8H2,1-2H3,(H,13,14,15,16). The van der Waals surface area contributed by atoms with E-state index in [4.69, 9.17) is 16.7 Å². The van der Waals surface area contributed by atoms with Crippen molar-refractivity contribution in [2.75, 3.05) is 37.0 Å². The molecule has 0 spiro atoms. The van der Waals surface area contributed by atoms with E-state index in [0.29, 0.717) is 11.9 Å². The van der Waals surface area contributed by atoms with Crippen LogP contribution in [0.25, 0.3) is 0 Å². The Morgan fingerprint density at radius 3 is 2.67 bits per heavy atom. The summed E-state index contributed by atoms with van der Waals surface area (Å²) >= 11 is 5.85. The number of aliphatic hydroxyl groups is 1. The van der Waals surface area contributed by atoms with Crippen molar-refractivity contribution in [3.63, 3.8) is 0 Å². The van der Waals surface area contributed by atoms with Crippen LogP contribution in [-0.2, 0) is 0 Å². The molecule has 0 aliphatic heterocycles. The van der Waals surface area contributed by atoms with Crippen LogP contribution >= 0.6 is 11.6 Å². The second-order valence-electron chi connectivity index (χ2n) is 3.96. The zero-order valence-electron chi connectivity index (χ0n) is 10.9. The molecule has 0 aliphatic carbocycles. The van der Waals surface area contributed by atoms with E-state index in [9.17, 15) is 0 Å². The number of nitrogens with one attached hydrogen (secondary N) is 1. The molecule has 2 N–H and O–H groups in total. The molecule has 18 heavy (non-hydrogen) atoms. The Balaban J connectivity index is 2.58. The van der Waals surface area contributed by atoms with Crippen LogP contribution in [0.15, 0.2) is 0 Å². The molecule has 0 aromatic carbocycles. The molecule has 0 saturated heterocycles. The number of hydrogen-bond donors (Lipinski definition) is 2. The predicted octanol–water partition coefficient (Wildman–Crippen LogP) is 1.56. The fraction of sp³-hybridized carbons (Fsp3) is 0.727. The van der Waals surface area contributed by atoms with Gasteiger partial charge in [-0.05, 0) is 37.8 Å². The van der Waals surface area contributed by atoms with Gasteiger partial charge in [-0.1, -0.05) is 0 Å². The monoisotopic (exact) mass is 273 g/mol. The van der Waals surface area contributed by atoms with Crippen LogP contribution in [0.2, 0.25) is 5.28 Å². The van der Waals surface area contributed by atoms with Crippen LogP contribution < -0.4 is 10.2 Å². The third-order valence-electron chi connectivity index (χ3n) is 2.42. The molecule has 1 heterocycles. The Bertz CT molecular complexity index is 363. The van der Waals surface area contributed by atoms with Crippen molar-refractivity contribution in [3.8, 4) is 0 Å². The van der Waals surface area contributed by atoms with Crippen molar-refractivity contribution in [3.05, 3.63) is 5.28 Å². The lowest BCUT2D eigenvalue weighted by Crippen LogP contribution is -2.22. The van der Waals surface area contributed by atoms with Crippen molar-refractivity contribution < 1.29 is 5.11 Å². The topological polar surface area (TPSA) is 74.2 Å². The highest BCUT2D eigenvalue weighted by Gasteiger charge is 2.08. The molecule has 0 atom stereocenters. The minimum atomic E-state index is 0.193. The van der Waals surface area contributed by atoms with Crippen molar-refractivity contribution in [2.24, 2.45) is 0 Å². The second kappa shape index (κ2) is 8.05. The van der Waals surface area contributed by atoms with Crippen molar-refractivity contribution in [1.29, 1.82) is 0 Å². The number of halogens is 1. The molecule has 0 fully saturated rings. The SMILES string of the molecule is CCNc1nc(Cl)nc(N(C)CCCCCO)n1. The van der Waals surface area contributed by atoms with E-state index in [0.717, 1.165) is 32.4 Å². The number of aromatic nitrogens is 3. The smallest absolute Gasteiger partial charge is 0.231 e. The summed E-state index contributed by atoms with van der Waals surface area (Å²) in [6, 6.07) is 0. The highest BCUT2D eigenvalue weighted by molar-refractivity contribution is 6.28. The van der Waals surface area contributed by atoms with Gasteiger partial charge >= 0.3 is 0 Å². The van der Waals surface area contributed by atoms with E-state index in [1.165, 1.54) is 0 Å². The molecule has 0 aliphatic rings. The van der Waals surface area contributed by atoms with E-state index in [1.807, 2.05) is 18.9 Å². The minimum Gasteiger partial charge on any atom is -0.396 e. The van der Waals surface area contributed by atoms with Gasteiger partial charge in [0.25, 0.3) is 0 Å². The highest BCUT2D eigenvalue weighted by atomic mass is 35.5. The quantitative estimate of drug-likeness (QED) is 0.700. The van der Waals surface area contributed by atoms with Crippen LogP contribution in [-0.4, -0.2) is 46.8 Å². The molecule has 1 rings (SSSR count). The van der Waals surface area contributed by atoms with Gasteiger partial charge in [-0.25, -0.2) is 0 Å². The molecule has 0 unspecified atom stereocenters. The zero-order valence-corrected chi connectivity index (χ0v) is 11.6. The maximum Gasteiger partial charge on any atom is 0.231 e. The number of hydrogen-bond acceptors (Lipinski definition) is 6. The first-order chi connectivity index (χ1) is 8.67. The van der Waals surface area contributed by atoms with Gasteiger partial charge in [0, 0.05) is 26.7 Å². The third-order valence-corrected chi connectivity index (χ3v) is 2.59. The lowest BCUT2D eigenvalue weighted by atomic mass is 10.2. The number of unbranched alkanes of at least 4 members (excludes halogenated alkanes) is 2. The van der Waals surface area contributed by atoms with Gasteiger partial charge in [0.2, 0.25) is 17.2 Å². The summed E-state index contributed by atoms with van der Waals surface area (Å²) in [4.78, 5) is 14.3. The van der Waals surface area contributed by atoms with Gasteiger partial charge in [-0.3, -0.25) is 0 Å². The van der Waals surface area contributed by atoms with Crippen LogP contribution in [0.5, 0.6) is 0 Å². The molecule has 1 aromatic rings. The van der Waals surface area contributed by atoms with Gasteiger partial charge in [0.1, 0.15) is 0 Å². The summed E-state index contributed by atoms with van der Waals surface area (Å²) < 4.78 is 0. The summed E-state index contributed by atoms with van der Waals surface area (Å²) in [5.41, 5.74) is 0. The van der Waals surface area contributed by atoms with Crippen LogP contribution in [0.1, 0.15) is 26.2 Å². The minimum absolute atomic E-state index is 0.193. The van der Waals surface area contributed by atoms with E-state index >= 15 is 0 Å². The van der Waals surface area contributed by atoms with Crippen molar-refractivity contribution in [2.45, 2.75) is 26.2 Å². The number of nitrogens with zero attached hydrogens (tertiary/aromatic N) is 4. The average Bonchev–Trinajstić information content (AvgIpc) is 2.34. The molecule has 1 aromatic heterocycles. The van der Waals surface area contributed by atoms with Crippen molar-refractivity contribution in [1.82, 2.24) is 15.0 Å². The number of rotatable bonds is 8. The van der Waals surface area contributed by atoms with Crippen LogP contribution in [0.3, 0.4) is 0 Å². The van der Waals surface area contributed by atoms with Crippen LogP contribution in [0, 0.1) is 0 Å². The summed E-state index contributed by atoms with van der Waals surface area (Å²) in [6.07, 6.45) is 2.80. The largest absolute Gasteiger partial charge is 0.396 e. The predicted molar refractivity (Wildman–Crippen MR) is 73.2 cm³/mol. The number of anilines is 2. The van der Waals surface area contributed by atoms with E-state index in [1.54, 1.807) is 0 Å². The lowest BCUT2D eigenvalue weighted by molar-refractivity contribution is 0.283. The lowest BCUT2D eigenvalue weighted by Gasteiger charge is -2.17. The van der Waals surface area contributed by atoms with Gasteiger partial charge in [-0.15, -0.1) is 0 Å². The van der Waals surface area contributed by atoms with Gasteiger partial charge in [-0.2, -0.15) is 15.0 Å². The molecule has 7 heteroatoms. The normalized spacial score (nSPS) is 10.4. The Hall–Kier alpha value is -1.14. The summed E-state index contributed by atoms with van der Waals surface area (Å²) in [5, 5.41) is 11.9. The van der Waals surface area contributed by atoms with Gasteiger partial charge in [0.05, 0.1) is 0 Å². The molecular weight excluding hydrogens is 254 g/mol.